The van der Waals surface area contributed by atoms with E-state index in [2.05, 4.69) is 6.92 Å². The second-order valence-corrected chi connectivity index (χ2v) is 13.4. The van der Waals surface area contributed by atoms with Crippen LogP contribution in [0.2, 0.25) is 0 Å². The highest BCUT2D eigenvalue weighted by atomic mass is 16.6. The smallest absolute Gasteiger partial charge is 0.347 e. The second-order valence-electron chi connectivity index (χ2n) is 13.4. The molecule has 0 saturated carbocycles. The largest absolute Gasteiger partial charge is 0.507 e. The molecule has 0 aliphatic carbocycles. The van der Waals surface area contributed by atoms with Crippen molar-refractivity contribution in [3.8, 4) is 28.7 Å². The number of rotatable bonds is 13. The van der Waals surface area contributed by atoms with Crippen LogP contribution in [-0.2, 0) is 36.0 Å². The summed E-state index contributed by atoms with van der Waals surface area (Å²) in [5.74, 6) is 3.06. The maximum Gasteiger partial charge on any atom is 0.347 e. The van der Waals surface area contributed by atoms with Gasteiger partial charge in [0.2, 0.25) is 0 Å². The van der Waals surface area contributed by atoms with Crippen molar-refractivity contribution in [2.45, 2.75) is 72.2 Å². The molecule has 1 N–H and O–H groups in total. The molecule has 1 aromatic heterocycles. The van der Waals surface area contributed by atoms with Gasteiger partial charge in [-0.25, -0.2) is 9.78 Å². The van der Waals surface area contributed by atoms with Crippen LogP contribution in [0, 0.1) is 30.9 Å². The standard InChI is InChI=1S/C40H43N3O9/c1-7-48-39(45)35(51-30-14-10-28(11-15-30)43(46)47)20-27-8-12-29(13-9-27)49-22-36-41-33-17-16-31(21-34(33)42(36)6)50-23-40(5)19-18-32-26(4)37(44)24(2)25(3)38(32)52-40/h8-17,21,35,44H,7,18-20,22-23H2,1-6H3. The Bertz CT molecular complexity index is 2110. The van der Waals surface area contributed by atoms with Crippen LogP contribution in [0.15, 0.2) is 66.7 Å². The average Bonchev–Trinajstić information content (AvgIpc) is 3.46. The van der Waals surface area contributed by atoms with Crippen molar-refractivity contribution in [3.05, 3.63) is 110 Å². The number of aryl methyl sites for hydroxylation is 1. The summed E-state index contributed by atoms with van der Waals surface area (Å²) >= 11 is 0. The summed E-state index contributed by atoms with van der Waals surface area (Å²) in [5.41, 5.74) is 5.69. The number of non-ortho nitro benzene ring substituents is 1. The number of benzene rings is 4. The summed E-state index contributed by atoms with van der Waals surface area (Å²) in [7, 11) is 1.94. The molecule has 0 bridgehead atoms. The van der Waals surface area contributed by atoms with Crippen molar-refractivity contribution in [1.82, 2.24) is 9.55 Å². The van der Waals surface area contributed by atoms with Gasteiger partial charge in [0, 0.05) is 37.2 Å². The summed E-state index contributed by atoms with van der Waals surface area (Å²) in [5, 5.41) is 21.5. The number of hydrogen-bond acceptors (Lipinski definition) is 10. The molecule has 12 heteroatoms. The minimum absolute atomic E-state index is 0.0702. The van der Waals surface area contributed by atoms with Crippen molar-refractivity contribution in [2.75, 3.05) is 13.2 Å². The maximum absolute atomic E-state index is 12.7. The summed E-state index contributed by atoms with van der Waals surface area (Å²) in [6.45, 7) is 10.4. The Hall–Kier alpha value is -5.78. The van der Waals surface area contributed by atoms with Gasteiger partial charge in [-0.1, -0.05) is 12.1 Å². The number of nitrogens with zero attached hydrogens (tertiary/aromatic N) is 3. The van der Waals surface area contributed by atoms with Crippen LogP contribution in [0.4, 0.5) is 5.69 Å². The fourth-order valence-electron chi connectivity index (χ4n) is 6.37. The van der Waals surface area contributed by atoms with Gasteiger partial charge in [-0.15, -0.1) is 0 Å². The molecule has 0 amide bonds. The Morgan fingerprint density at radius 3 is 2.38 bits per heavy atom. The molecule has 0 radical (unpaired) electrons. The normalized spacial score (nSPS) is 15.7. The molecule has 6 rings (SSSR count). The molecule has 0 saturated heterocycles. The molecule has 4 aromatic carbocycles. The first-order valence-electron chi connectivity index (χ1n) is 17.2. The number of ether oxygens (including phenoxy) is 5. The van der Waals surface area contributed by atoms with Crippen LogP contribution in [0.25, 0.3) is 11.0 Å². The van der Waals surface area contributed by atoms with E-state index in [9.17, 15) is 20.0 Å². The number of imidazole rings is 1. The molecule has 1 aliphatic heterocycles. The summed E-state index contributed by atoms with van der Waals surface area (Å²) < 4.78 is 32.0. The molecule has 0 spiro atoms. The zero-order valence-electron chi connectivity index (χ0n) is 30.2. The van der Waals surface area contributed by atoms with Gasteiger partial charge in [0.1, 0.15) is 53.4 Å². The van der Waals surface area contributed by atoms with Crippen molar-refractivity contribution < 1.29 is 38.5 Å². The fourth-order valence-corrected chi connectivity index (χ4v) is 6.37. The summed E-state index contributed by atoms with van der Waals surface area (Å²) in [4.78, 5) is 27.9. The lowest BCUT2D eigenvalue weighted by Crippen LogP contribution is -2.42. The highest BCUT2D eigenvalue weighted by Crippen LogP contribution is 2.43. The maximum atomic E-state index is 12.7. The van der Waals surface area contributed by atoms with Crippen LogP contribution in [0.1, 0.15) is 53.9 Å². The molecular weight excluding hydrogens is 666 g/mol. The van der Waals surface area contributed by atoms with Gasteiger partial charge in [-0.3, -0.25) is 10.1 Å². The van der Waals surface area contributed by atoms with E-state index in [0.717, 1.165) is 63.3 Å². The number of fused-ring (bicyclic) bond motifs is 2. The highest BCUT2D eigenvalue weighted by molar-refractivity contribution is 5.78. The van der Waals surface area contributed by atoms with Crippen LogP contribution >= 0.6 is 0 Å². The molecule has 2 atom stereocenters. The monoisotopic (exact) mass is 709 g/mol. The molecular formula is C40H43N3O9. The van der Waals surface area contributed by atoms with Crippen LogP contribution in [0.5, 0.6) is 28.7 Å². The molecule has 0 fully saturated rings. The van der Waals surface area contributed by atoms with E-state index in [4.69, 9.17) is 28.7 Å². The van der Waals surface area contributed by atoms with Crippen LogP contribution in [0.3, 0.4) is 0 Å². The van der Waals surface area contributed by atoms with Gasteiger partial charge in [-0.2, -0.15) is 0 Å². The van der Waals surface area contributed by atoms with E-state index in [0.29, 0.717) is 29.6 Å². The Labute approximate surface area is 302 Å². The van der Waals surface area contributed by atoms with Gasteiger partial charge in [-0.05, 0) is 106 Å². The number of nitro groups is 1. The molecule has 272 valence electrons. The third-order valence-electron chi connectivity index (χ3n) is 9.67. The predicted molar refractivity (Wildman–Crippen MR) is 195 cm³/mol. The van der Waals surface area contributed by atoms with Gasteiger partial charge < -0.3 is 33.4 Å². The Balaban J connectivity index is 1.07. The number of carbonyl (C=O) groups is 1. The highest BCUT2D eigenvalue weighted by Gasteiger charge is 2.35. The van der Waals surface area contributed by atoms with E-state index in [1.807, 2.05) is 74.9 Å². The zero-order chi connectivity index (χ0) is 37.2. The molecule has 52 heavy (non-hydrogen) atoms. The number of esters is 1. The first-order valence-corrected chi connectivity index (χ1v) is 17.2. The topological polar surface area (TPSA) is 144 Å². The van der Waals surface area contributed by atoms with Crippen molar-refractivity contribution in [2.24, 2.45) is 7.05 Å². The number of phenols is 1. The molecule has 12 nitrogen and oxygen atoms in total. The van der Waals surface area contributed by atoms with Crippen LogP contribution < -0.4 is 18.9 Å². The van der Waals surface area contributed by atoms with E-state index in [1.165, 1.54) is 24.3 Å². The van der Waals surface area contributed by atoms with E-state index < -0.39 is 22.6 Å². The van der Waals surface area contributed by atoms with E-state index in [1.54, 1.807) is 6.92 Å². The van der Waals surface area contributed by atoms with E-state index in [-0.39, 0.29) is 25.3 Å². The predicted octanol–water partition coefficient (Wildman–Crippen LogP) is 7.41. The quantitative estimate of drug-likeness (QED) is 0.0746. The van der Waals surface area contributed by atoms with Crippen LogP contribution in [-0.4, -0.2) is 50.5 Å². The first kappa shape index (κ1) is 36.0. The third-order valence-corrected chi connectivity index (χ3v) is 9.67. The first-order chi connectivity index (χ1) is 24.9. The summed E-state index contributed by atoms with van der Waals surface area (Å²) in [6.07, 6.45) is 0.856. The Kier molecular flexibility index (Phi) is 10.3. The average molecular weight is 710 g/mol. The Morgan fingerprint density at radius 1 is 1.00 bits per heavy atom. The third kappa shape index (κ3) is 7.60. The lowest BCUT2D eigenvalue weighted by molar-refractivity contribution is -0.384. The van der Waals surface area contributed by atoms with Crippen molar-refractivity contribution in [3.63, 3.8) is 0 Å². The second kappa shape index (κ2) is 14.8. The number of phenolic OH excluding ortho intramolecular Hbond substituents is 1. The van der Waals surface area contributed by atoms with Gasteiger partial charge >= 0.3 is 5.97 Å². The number of aromatic nitrogens is 2. The number of aromatic hydroxyl groups is 1. The minimum atomic E-state index is -0.940. The van der Waals surface area contributed by atoms with Crippen molar-refractivity contribution in [1.29, 1.82) is 0 Å². The SMILES string of the molecule is CCOC(=O)C(Cc1ccc(OCc2nc3ccc(OCC4(C)CCc5c(C)c(O)c(C)c(C)c5O4)cc3n2C)cc1)Oc1ccc([N+](=O)[O-])cc1. The molecule has 2 heterocycles. The number of hydrogen-bond donors (Lipinski definition) is 1. The van der Waals surface area contributed by atoms with Crippen molar-refractivity contribution >= 4 is 22.7 Å². The lowest BCUT2D eigenvalue weighted by atomic mass is 9.87. The van der Waals surface area contributed by atoms with E-state index >= 15 is 0 Å². The number of carbonyl (C=O) groups excluding carboxylic acids is 1. The van der Waals surface area contributed by atoms with Gasteiger partial charge in [0.15, 0.2) is 6.10 Å². The fraction of sp³-hybridized carbons (Fsp3) is 0.350. The zero-order valence-corrected chi connectivity index (χ0v) is 30.2. The molecule has 5 aromatic rings. The Morgan fingerprint density at radius 2 is 1.69 bits per heavy atom. The minimum Gasteiger partial charge on any atom is -0.507 e. The summed E-state index contributed by atoms with van der Waals surface area (Å²) in [6, 6.07) is 18.7. The van der Waals surface area contributed by atoms with Gasteiger partial charge in [0.05, 0.1) is 22.6 Å². The lowest BCUT2D eigenvalue weighted by Gasteiger charge is -2.37. The molecule has 1 aliphatic rings. The number of nitro benzene ring substituents is 1. The molecule has 2 unspecified atom stereocenters. The van der Waals surface area contributed by atoms with Gasteiger partial charge in [0.25, 0.3) is 5.69 Å².